The highest BCUT2D eigenvalue weighted by Gasteiger charge is 2.44. The normalized spacial score (nSPS) is 10.0. The zero-order valence-electron chi connectivity index (χ0n) is 2.46. The number of rotatable bonds is 0. The molecule has 0 aromatic rings. The van der Waals surface area contributed by atoms with Crippen molar-refractivity contribution in [3.8, 4) is 0 Å². The summed E-state index contributed by atoms with van der Waals surface area (Å²) < 4.78 is 39.2. The zero-order valence-corrected chi connectivity index (χ0v) is 4.35. The highest BCUT2D eigenvalue weighted by atomic mass is 32.1. The third kappa shape index (κ3) is 221. The quantitative estimate of drug-likeness (QED) is 0.359. The first-order chi connectivity index (χ1) is 2.00. The summed E-state index contributed by atoms with van der Waals surface area (Å²) in [5, 5.41) is 0. The van der Waals surface area contributed by atoms with Crippen molar-refractivity contribution in [1.82, 2.24) is 0 Å². The van der Waals surface area contributed by atoms with Crippen LogP contribution in [0.5, 0.6) is 0 Å². The lowest BCUT2D eigenvalue weighted by molar-refractivity contribution is 0.489. The van der Waals surface area contributed by atoms with Gasteiger partial charge < -0.3 is 0 Å². The van der Waals surface area contributed by atoms with Crippen molar-refractivity contribution in [1.29, 1.82) is 0 Å². The summed E-state index contributed by atoms with van der Waals surface area (Å²) in [6, 6.07) is 0. The molecule has 0 aliphatic heterocycles. The Balaban J connectivity index is 0. The lowest BCUT2D eigenvalue weighted by Gasteiger charge is -1.62. The smallest absolute Gasteiger partial charge is 0.197 e. The monoisotopic (exact) mass is 141 g/mol. The molecule has 0 fully saturated rings. The van der Waals surface area contributed by atoms with Gasteiger partial charge in [-0.05, 0) is 0 Å². The van der Waals surface area contributed by atoms with E-state index in [1.165, 1.54) is 0 Å². The van der Waals surface area contributed by atoms with E-state index < -0.39 is 8.51 Å². The SMILES string of the molecule is F[P+](F)(F)F.S. The Hall–Kier alpha value is 0.500. The fourth-order valence-electron chi connectivity index (χ4n) is 0. The van der Waals surface area contributed by atoms with Gasteiger partial charge in [0.2, 0.25) is 0 Å². The van der Waals surface area contributed by atoms with Crippen LogP contribution in [0.3, 0.4) is 0 Å². The summed E-state index contributed by atoms with van der Waals surface area (Å²) in [5.41, 5.74) is 0. The topological polar surface area (TPSA) is 0 Å². The molecule has 0 rings (SSSR count). The minimum Gasteiger partial charge on any atom is -0.197 e. The Kier molecular flexibility index (Phi) is 4.27. The Morgan fingerprint density at radius 1 is 0.833 bits per heavy atom. The van der Waals surface area contributed by atoms with Crippen molar-refractivity contribution >= 4 is 22.0 Å². The average molecular weight is 141 g/mol. The lowest BCUT2D eigenvalue weighted by Crippen LogP contribution is -1.37. The predicted octanol–water partition coefficient (Wildman–Crippen LogP) is 2.65. The van der Waals surface area contributed by atoms with Gasteiger partial charge in [-0.1, -0.05) is 0 Å². The molecule has 0 heterocycles. The van der Waals surface area contributed by atoms with E-state index in [0.29, 0.717) is 0 Å². The number of hydrogen-bond acceptors (Lipinski definition) is 0. The van der Waals surface area contributed by atoms with Gasteiger partial charge in [0, 0.05) is 0 Å². The maximum atomic E-state index is 9.80. The first kappa shape index (κ1) is 9.71. The predicted molar refractivity (Wildman–Crippen MR) is 21.7 cm³/mol. The van der Waals surface area contributed by atoms with Crippen LogP contribution < -0.4 is 0 Å². The maximum absolute atomic E-state index is 9.80. The van der Waals surface area contributed by atoms with Gasteiger partial charge in [0.1, 0.15) is 0 Å². The van der Waals surface area contributed by atoms with Crippen LogP contribution in [0, 0.1) is 0 Å². The van der Waals surface area contributed by atoms with Crippen molar-refractivity contribution in [2.24, 2.45) is 0 Å². The molecule has 0 unspecified atom stereocenters. The van der Waals surface area contributed by atoms with Crippen molar-refractivity contribution in [3.05, 3.63) is 0 Å². The summed E-state index contributed by atoms with van der Waals surface area (Å²) in [6.07, 6.45) is 0. The second-order valence-electron chi connectivity index (χ2n) is 0.383. The molecule has 0 spiro atoms. The Morgan fingerprint density at radius 3 is 0.833 bits per heavy atom. The van der Waals surface area contributed by atoms with Gasteiger partial charge in [0.05, 0.1) is 16.8 Å². The average Bonchev–Trinajstić information content (AvgIpc) is 0.722. The van der Waals surface area contributed by atoms with E-state index in [9.17, 15) is 16.8 Å². The van der Waals surface area contributed by atoms with Gasteiger partial charge >= 0.3 is 8.51 Å². The van der Waals surface area contributed by atoms with Crippen LogP contribution in [0.2, 0.25) is 0 Å². The number of hydrogen-bond donors (Lipinski definition) is 0. The van der Waals surface area contributed by atoms with Gasteiger partial charge in [-0.25, -0.2) is 0 Å². The van der Waals surface area contributed by atoms with Gasteiger partial charge in [-0.15, -0.1) is 0 Å². The molecule has 6 heavy (non-hydrogen) atoms. The molecule has 0 aliphatic rings. The van der Waals surface area contributed by atoms with E-state index in [0.717, 1.165) is 0 Å². The second kappa shape index (κ2) is 2.64. The fraction of sp³-hybridized carbons (Fsp3) is 0. The van der Waals surface area contributed by atoms with Crippen LogP contribution in [0.25, 0.3) is 0 Å². The van der Waals surface area contributed by atoms with E-state index in [2.05, 4.69) is 0 Å². The summed E-state index contributed by atoms with van der Waals surface area (Å²) in [7, 11) is -6.39. The maximum Gasteiger partial charge on any atom is 0.755 e. The Bertz CT molecular complexity index is 23.0. The minimum atomic E-state index is -6.39. The molecular formula is H2F4PS+. The second-order valence-corrected chi connectivity index (χ2v) is 1.15. The Morgan fingerprint density at radius 2 is 0.833 bits per heavy atom. The molecule has 0 atom stereocenters. The molecule has 0 saturated heterocycles. The van der Waals surface area contributed by atoms with Crippen LogP contribution in [0.15, 0.2) is 0 Å². The molecule has 0 amide bonds. The Labute approximate surface area is 39.8 Å². The highest BCUT2D eigenvalue weighted by Crippen LogP contribution is 2.65. The summed E-state index contributed by atoms with van der Waals surface area (Å²) >= 11 is 0. The van der Waals surface area contributed by atoms with Crippen molar-refractivity contribution in [2.75, 3.05) is 0 Å². The van der Waals surface area contributed by atoms with Crippen LogP contribution >= 0.6 is 22.0 Å². The molecule has 0 saturated carbocycles. The molecule has 0 radical (unpaired) electrons. The zero-order chi connectivity index (χ0) is 4.50. The molecule has 0 bridgehead atoms. The van der Waals surface area contributed by atoms with E-state index >= 15 is 0 Å². The van der Waals surface area contributed by atoms with Crippen molar-refractivity contribution < 1.29 is 16.8 Å². The molecule has 0 nitrogen and oxygen atoms in total. The van der Waals surface area contributed by atoms with Crippen LogP contribution in [-0.4, -0.2) is 0 Å². The molecule has 40 valence electrons. The van der Waals surface area contributed by atoms with E-state index in [-0.39, 0.29) is 13.5 Å². The van der Waals surface area contributed by atoms with Gasteiger partial charge in [0.25, 0.3) is 0 Å². The van der Waals surface area contributed by atoms with Crippen molar-refractivity contribution in [2.45, 2.75) is 0 Å². The van der Waals surface area contributed by atoms with E-state index in [4.69, 9.17) is 0 Å². The third-order valence-electron chi connectivity index (χ3n) is 0. The molecule has 0 N–H and O–H groups in total. The third-order valence-corrected chi connectivity index (χ3v) is 0. The largest absolute Gasteiger partial charge is 0.755 e. The van der Waals surface area contributed by atoms with Crippen LogP contribution in [0.1, 0.15) is 0 Å². The van der Waals surface area contributed by atoms with Gasteiger partial charge in [0.15, 0.2) is 0 Å². The van der Waals surface area contributed by atoms with Gasteiger partial charge in [-0.2, -0.15) is 13.5 Å². The highest BCUT2D eigenvalue weighted by molar-refractivity contribution is 7.59. The summed E-state index contributed by atoms with van der Waals surface area (Å²) in [5.74, 6) is 0. The first-order valence-electron chi connectivity index (χ1n) is 0.676. The molecular weight excluding hydrogens is 139 g/mol. The minimum absolute atomic E-state index is 0. The fourth-order valence-corrected chi connectivity index (χ4v) is 0. The molecule has 6 heteroatoms. The molecule has 0 aliphatic carbocycles. The first-order valence-corrected chi connectivity index (χ1v) is 2.03. The van der Waals surface area contributed by atoms with E-state index in [1.54, 1.807) is 0 Å². The van der Waals surface area contributed by atoms with Crippen LogP contribution in [-0.2, 0) is 0 Å². The molecule has 0 aromatic heterocycles. The summed E-state index contributed by atoms with van der Waals surface area (Å²) in [4.78, 5) is 0. The number of halogens is 4. The van der Waals surface area contributed by atoms with Gasteiger partial charge in [-0.3, -0.25) is 0 Å². The van der Waals surface area contributed by atoms with Crippen LogP contribution in [0.4, 0.5) is 16.8 Å². The van der Waals surface area contributed by atoms with E-state index in [1.807, 2.05) is 0 Å². The van der Waals surface area contributed by atoms with Crippen molar-refractivity contribution in [3.63, 3.8) is 0 Å². The molecule has 0 aromatic carbocycles. The summed E-state index contributed by atoms with van der Waals surface area (Å²) in [6.45, 7) is 0. The standard InChI is InChI=1S/F4P.H2S/c1-5(2,3)4;/h;1H2/q+1;. The lowest BCUT2D eigenvalue weighted by atomic mass is 18.7.